The van der Waals surface area contributed by atoms with E-state index >= 15 is 0 Å². The Balaban J connectivity index is 1.18. The lowest BCUT2D eigenvalue weighted by Crippen LogP contribution is -2.53. The van der Waals surface area contributed by atoms with Gasteiger partial charge in [-0.2, -0.15) is 0 Å². The first-order chi connectivity index (χ1) is 26.6. The summed E-state index contributed by atoms with van der Waals surface area (Å²) in [5.41, 5.74) is 1.12. The van der Waals surface area contributed by atoms with Gasteiger partial charge in [0.2, 0.25) is 0 Å². The third kappa shape index (κ3) is 13.9. The highest BCUT2D eigenvalue weighted by molar-refractivity contribution is 5.26. The molecule has 4 aliphatic heterocycles. The molecule has 11 nitrogen and oxygen atoms in total. The molecule has 0 saturated carbocycles. The molecule has 0 aliphatic carbocycles. The van der Waals surface area contributed by atoms with Crippen LogP contribution in [0.15, 0.2) is 36.4 Å². The summed E-state index contributed by atoms with van der Waals surface area (Å²) in [6.07, 6.45) is 9.00. The maximum Gasteiger partial charge on any atom is 0.163 e. The Morgan fingerprint density at radius 3 is 1.65 bits per heavy atom. The van der Waals surface area contributed by atoms with E-state index in [-0.39, 0.29) is 73.4 Å². The lowest BCUT2D eigenvalue weighted by Gasteiger charge is -2.48. The van der Waals surface area contributed by atoms with E-state index in [1.165, 1.54) is 0 Å². The van der Waals surface area contributed by atoms with Crippen molar-refractivity contribution in [1.29, 1.82) is 0 Å². The Hall–Kier alpha value is -1.64. The van der Waals surface area contributed by atoms with Crippen molar-refractivity contribution in [2.75, 3.05) is 13.7 Å². The van der Waals surface area contributed by atoms with Gasteiger partial charge in [-0.1, -0.05) is 52.0 Å². The van der Waals surface area contributed by atoms with Crippen molar-refractivity contribution in [2.24, 2.45) is 17.8 Å². The van der Waals surface area contributed by atoms with Crippen LogP contribution in [0.3, 0.4) is 0 Å². The molecule has 0 aromatic heterocycles. The molecule has 4 aliphatic rings. The Bertz CT molecular complexity index is 1410. The molecule has 4 heterocycles. The minimum atomic E-state index is -0.751. The van der Waals surface area contributed by atoms with Gasteiger partial charge >= 0.3 is 0 Å². The average Bonchev–Trinajstić information content (AvgIpc) is 3.07. The van der Waals surface area contributed by atoms with E-state index < -0.39 is 23.1 Å². The third-order valence-corrected chi connectivity index (χ3v) is 11.6. The van der Waals surface area contributed by atoms with Gasteiger partial charge in [0.1, 0.15) is 5.75 Å². The fourth-order valence-electron chi connectivity index (χ4n) is 9.47. The van der Waals surface area contributed by atoms with Gasteiger partial charge in [-0.25, -0.2) is 0 Å². The van der Waals surface area contributed by atoms with E-state index in [2.05, 4.69) is 52.0 Å². The lowest BCUT2D eigenvalue weighted by molar-refractivity contribution is -0.344. The molecule has 5 rings (SSSR count). The Labute approximate surface area is 343 Å². The van der Waals surface area contributed by atoms with E-state index in [1.807, 2.05) is 67.5 Å². The second kappa shape index (κ2) is 19.4. The van der Waals surface area contributed by atoms with Crippen LogP contribution in [0.5, 0.6) is 5.75 Å². The molecule has 326 valence electrons. The molecule has 1 aromatic carbocycles. The van der Waals surface area contributed by atoms with Crippen LogP contribution >= 0.6 is 0 Å². The average molecular weight is 805 g/mol. The summed E-state index contributed by atoms with van der Waals surface area (Å²) in [5, 5.41) is 9.68. The van der Waals surface area contributed by atoms with Crippen LogP contribution in [0.1, 0.15) is 134 Å². The monoisotopic (exact) mass is 805 g/mol. The van der Waals surface area contributed by atoms with Gasteiger partial charge in [-0.15, -0.1) is 0 Å². The molecule has 0 radical (unpaired) electrons. The topological polar surface area (TPSA) is 113 Å². The van der Waals surface area contributed by atoms with Crippen LogP contribution in [-0.4, -0.2) is 96.9 Å². The van der Waals surface area contributed by atoms with Crippen molar-refractivity contribution < 1.29 is 52.5 Å². The number of aliphatic hydroxyl groups is 1. The fraction of sp³-hybridized carbons (Fsp3) is 0.826. The van der Waals surface area contributed by atoms with Gasteiger partial charge in [-0.3, -0.25) is 0 Å². The summed E-state index contributed by atoms with van der Waals surface area (Å²) in [6, 6.07) is 8.05. The predicted octanol–water partition coefficient (Wildman–Crippen LogP) is 8.87. The normalized spacial score (nSPS) is 34.9. The van der Waals surface area contributed by atoms with Crippen molar-refractivity contribution in [1.82, 2.24) is 0 Å². The SMILES string of the molecule is COc1ccc(CO[C@@H](C(C)C)[C@@H](C)/C=C/[C@H]2C[C@@H](C[C@@H]3C[C@@H](C[C@@H]4C[C@H](C[C@H]5OC(C)(C)O[C@@H](CCO)[C@@H]5C)OC(C)(C)O4)OC(C)(C)O3)OC(C)(C)O2)cc1. The summed E-state index contributed by atoms with van der Waals surface area (Å²) < 4.78 is 63.5. The molecule has 0 unspecified atom stereocenters. The molecule has 11 atom stereocenters. The second-order valence-corrected chi connectivity index (χ2v) is 19.2. The van der Waals surface area contributed by atoms with E-state index in [0.717, 1.165) is 49.8 Å². The van der Waals surface area contributed by atoms with E-state index in [9.17, 15) is 5.11 Å². The van der Waals surface area contributed by atoms with Crippen LogP contribution < -0.4 is 4.74 Å². The van der Waals surface area contributed by atoms with Gasteiger partial charge in [-0.05, 0) is 85.4 Å². The van der Waals surface area contributed by atoms with Crippen molar-refractivity contribution in [2.45, 2.75) is 213 Å². The zero-order chi connectivity index (χ0) is 41.8. The maximum atomic E-state index is 9.68. The number of aliphatic hydroxyl groups excluding tert-OH is 1. The zero-order valence-corrected chi connectivity index (χ0v) is 37.3. The third-order valence-electron chi connectivity index (χ3n) is 11.6. The molecule has 4 fully saturated rings. The highest BCUT2D eigenvalue weighted by atomic mass is 16.7. The largest absolute Gasteiger partial charge is 0.497 e. The lowest BCUT2D eigenvalue weighted by atomic mass is 9.87. The number of hydrogen-bond donors (Lipinski definition) is 1. The molecule has 1 aromatic rings. The molecule has 0 amide bonds. The van der Waals surface area contributed by atoms with Crippen molar-refractivity contribution >= 4 is 0 Å². The minimum absolute atomic E-state index is 0.0477. The molecular formula is C46H76O11. The minimum Gasteiger partial charge on any atom is -0.497 e. The first-order valence-electron chi connectivity index (χ1n) is 21.6. The fourth-order valence-corrected chi connectivity index (χ4v) is 9.47. The smallest absolute Gasteiger partial charge is 0.163 e. The number of ether oxygens (including phenoxy) is 10. The summed E-state index contributed by atoms with van der Waals surface area (Å²) in [4.78, 5) is 0. The first-order valence-corrected chi connectivity index (χ1v) is 21.6. The molecule has 57 heavy (non-hydrogen) atoms. The van der Waals surface area contributed by atoms with E-state index in [1.54, 1.807) is 7.11 Å². The van der Waals surface area contributed by atoms with Crippen LogP contribution in [0, 0.1) is 17.8 Å². The Kier molecular flexibility index (Phi) is 15.8. The van der Waals surface area contributed by atoms with Crippen LogP contribution in [-0.2, 0) is 49.2 Å². The van der Waals surface area contributed by atoms with Crippen LogP contribution in [0.25, 0.3) is 0 Å². The summed E-state index contributed by atoms with van der Waals surface area (Å²) in [7, 11) is 1.68. The number of rotatable bonds is 16. The molecule has 4 saturated heterocycles. The maximum absolute atomic E-state index is 9.68. The van der Waals surface area contributed by atoms with E-state index in [0.29, 0.717) is 18.9 Å². The summed E-state index contributed by atoms with van der Waals surface area (Å²) in [6.45, 7) is 25.3. The predicted molar refractivity (Wildman–Crippen MR) is 219 cm³/mol. The van der Waals surface area contributed by atoms with Crippen LogP contribution in [0.4, 0.5) is 0 Å². The number of methoxy groups -OCH3 is 1. The quantitative estimate of drug-likeness (QED) is 0.162. The zero-order valence-electron chi connectivity index (χ0n) is 37.3. The molecule has 0 spiro atoms. The summed E-state index contributed by atoms with van der Waals surface area (Å²) in [5.74, 6) is -1.47. The molecule has 1 N–H and O–H groups in total. The van der Waals surface area contributed by atoms with Crippen molar-refractivity contribution in [3.63, 3.8) is 0 Å². The van der Waals surface area contributed by atoms with Gasteiger partial charge in [0.05, 0.1) is 68.7 Å². The van der Waals surface area contributed by atoms with E-state index in [4.69, 9.17) is 47.4 Å². The van der Waals surface area contributed by atoms with Gasteiger partial charge in [0, 0.05) is 57.0 Å². The Morgan fingerprint density at radius 2 is 1.14 bits per heavy atom. The highest BCUT2D eigenvalue weighted by Gasteiger charge is 2.46. The first kappa shape index (κ1) is 46.4. The standard InChI is InChI=1S/C46H76O11/c1-29(2)42(49-28-32-15-18-33(48-13)19-16-32)30(3)14-17-34-22-35(51-43(5,6)50-34)23-36-24-37(53-44(7,8)52-36)25-38-26-39(55-45(9,10)54-38)27-41-31(4)40(20-21-47)56-46(11,12)57-41/h14-19,29-31,34-42,47H,20-28H2,1-13H3/b17-14+/t30-,31-,34-,35-,36+,37-,38+,39+,40-,41+,42-/m0/s1. The molecule has 0 bridgehead atoms. The van der Waals surface area contributed by atoms with Crippen molar-refractivity contribution in [3.8, 4) is 5.75 Å². The second-order valence-electron chi connectivity index (χ2n) is 19.2. The van der Waals surface area contributed by atoms with Crippen LogP contribution in [0.2, 0.25) is 0 Å². The van der Waals surface area contributed by atoms with Gasteiger partial charge in [0.15, 0.2) is 23.1 Å². The highest BCUT2D eigenvalue weighted by Crippen LogP contribution is 2.41. The Morgan fingerprint density at radius 1 is 0.667 bits per heavy atom. The molecular weight excluding hydrogens is 728 g/mol. The van der Waals surface area contributed by atoms with Gasteiger partial charge in [0.25, 0.3) is 0 Å². The van der Waals surface area contributed by atoms with Gasteiger partial charge < -0.3 is 52.5 Å². The molecule has 11 heteroatoms. The number of benzene rings is 1. The van der Waals surface area contributed by atoms with Crippen molar-refractivity contribution in [3.05, 3.63) is 42.0 Å². The number of hydrogen-bond acceptors (Lipinski definition) is 11. The summed E-state index contributed by atoms with van der Waals surface area (Å²) >= 11 is 0.